The van der Waals surface area contributed by atoms with Crippen LogP contribution in [0.2, 0.25) is 0 Å². The number of carbonyl (C=O) groups excluding carboxylic acids is 4. The number of aromatic nitrogens is 2. The molecule has 3 aliphatic rings. The number of thiazole rings is 1. The second-order valence-electron chi connectivity index (χ2n) is 17.7. The van der Waals surface area contributed by atoms with Crippen LogP contribution in [0, 0.1) is 17.8 Å². The maximum absolute atomic E-state index is 14.8. The fourth-order valence-electron chi connectivity index (χ4n) is 8.60. The van der Waals surface area contributed by atoms with Crippen LogP contribution in [0.5, 0.6) is 11.5 Å². The number of methoxy groups -OCH3 is 2. The molecule has 4 aromatic rings. The number of pyridine rings is 1. The van der Waals surface area contributed by atoms with E-state index in [1.807, 2.05) is 51.3 Å². The van der Waals surface area contributed by atoms with Crippen LogP contribution in [-0.2, 0) is 33.9 Å². The van der Waals surface area contributed by atoms with Crippen LogP contribution in [0.4, 0.5) is 10.8 Å². The standard InChI is InChI=1S/C47H59N7O9S2/c1-28(2)20-30(44(57)62-6)21-42(55)54-26-33(63-40-24-37(38-27-64-46(51-38)49-29(3)4)50-36-22-32(61-5)17-18-34(36)40)23-39(54)43(56)52-47-25-31(47)14-10-8-7-9-13-19-48-35-15-11-12-16-41(35)65(59,60)53-45(47)58/h10-12,14-18,22,24,27-31,33,39,48H,7-9,13,19-21,23,25-26H2,1-6H3,(H,49,51)(H,52,56)(H,53,58)/b14-10-/t30-,31-,33-,39+,47-/m1/s1. The number of allylic oxidation sites excluding steroid dienone is 1. The average Bonchev–Trinajstić information content (AvgIpc) is 3.53. The van der Waals surface area contributed by atoms with Gasteiger partial charge in [-0.25, -0.2) is 23.1 Å². The monoisotopic (exact) mass is 929 g/mol. The number of rotatable bonds is 13. The van der Waals surface area contributed by atoms with Gasteiger partial charge in [-0.1, -0.05) is 44.6 Å². The van der Waals surface area contributed by atoms with Crippen molar-refractivity contribution in [1.82, 2.24) is 24.9 Å². The molecule has 1 saturated heterocycles. The Bertz CT molecular complexity index is 2550. The number of carbonyl (C=O) groups is 4. The van der Waals surface area contributed by atoms with Crippen LogP contribution in [0.3, 0.4) is 0 Å². The van der Waals surface area contributed by atoms with Crippen molar-refractivity contribution in [3.8, 4) is 22.9 Å². The van der Waals surface area contributed by atoms with E-state index in [4.69, 9.17) is 24.2 Å². The van der Waals surface area contributed by atoms with E-state index in [9.17, 15) is 27.6 Å². The Balaban J connectivity index is 1.21. The molecule has 4 N–H and O–H groups in total. The topological polar surface area (TPSA) is 207 Å². The molecule has 65 heavy (non-hydrogen) atoms. The van der Waals surface area contributed by atoms with Gasteiger partial charge in [-0.2, -0.15) is 0 Å². The molecule has 2 aromatic heterocycles. The number of hydrogen-bond donors (Lipinski definition) is 4. The quantitative estimate of drug-likeness (QED) is 0.0816. The first-order valence-electron chi connectivity index (χ1n) is 22.2. The summed E-state index contributed by atoms with van der Waals surface area (Å²) in [6.45, 7) is 8.47. The van der Waals surface area contributed by atoms with Gasteiger partial charge < -0.3 is 35.1 Å². The Kier molecular flexibility index (Phi) is 14.7. The first-order valence-corrected chi connectivity index (χ1v) is 24.6. The highest BCUT2D eigenvalue weighted by molar-refractivity contribution is 7.90. The Morgan fingerprint density at radius 1 is 1.02 bits per heavy atom. The van der Waals surface area contributed by atoms with Crippen molar-refractivity contribution < 1.29 is 41.8 Å². The molecule has 0 unspecified atom stereocenters. The van der Waals surface area contributed by atoms with Gasteiger partial charge in [0.2, 0.25) is 11.8 Å². The average molecular weight is 930 g/mol. The second kappa shape index (κ2) is 20.2. The third-order valence-corrected chi connectivity index (χ3v) is 14.1. The molecule has 0 bridgehead atoms. The molecule has 3 amide bonds. The molecule has 16 nitrogen and oxygen atoms in total. The number of esters is 1. The van der Waals surface area contributed by atoms with Crippen LogP contribution in [-0.4, -0.2) is 98.0 Å². The van der Waals surface area contributed by atoms with Crippen LogP contribution in [0.25, 0.3) is 22.3 Å². The molecule has 2 fully saturated rings. The lowest BCUT2D eigenvalue weighted by Crippen LogP contribution is -2.56. The number of para-hydroxylation sites is 1. The lowest BCUT2D eigenvalue weighted by molar-refractivity contribution is -0.150. The number of benzene rings is 2. The van der Waals surface area contributed by atoms with Crippen molar-refractivity contribution in [2.24, 2.45) is 17.8 Å². The predicted molar refractivity (Wildman–Crippen MR) is 249 cm³/mol. The minimum Gasteiger partial charge on any atom is -0.497 e. The molecule has 1 aliphatic carbocycles. The van der Waals surface area contributed by atoms with Gasteiger partial charge >= 0.3 is 5.97 Å². The molecular weight excluding hydrogens is 871 g/mol. The van der Waals surface area contributed by atoms with E-state index in [2.05, 4.69) is 20.7 Å². The van der Waals surface area contributed by atoms with E-state index >= 15 is 0 Å². The Morgan fingerprint density at radius 3 is 2.57 bits per heavy atom. The van der Waals surface area contributed by atoms with Gasteiger partial charge in [0.1, 0.15) is 39.8 Å². The van der Waals surface area contributed by atoms with Crippen molar-refractivity contribution in [1.29, 1.82) is 0 Å². The molecule has 18 heteroatoms. The normalized spacial score (nSPS) is 22.9. The van der Waals surface area contributed by atoms with Gasteiger partial charge in [0.05, 0.1) is 43.6 Å². The molecule has 2 aliphatic heterocycles. The zero-order valence-electron chi connectivity index (χ0n) is 37.7. The van der Waals surface area contributed by atoms with Crippen LogP contribution in [0.1, 0.15) is 79.1 Å². The van der Waals surface area contributed by atoms with Gasteiger partial charge in [-0.15, -0.1) is 11.3 Å². The summed E-state index contributed by atoms with van der Waals surface area (Å²) in [5.74, 6) is -2.70. The summed E-state index contributed by atoms with van der Waals surface area (Å²) in [6.07, 6.45) is 6.80. The third kappa shape index (κ3) is 11.0. The Hall–Kier alpha value is -5.75. The highest BCUT2D eigenvalue weighted by Gasteiger charge is 2.61. The maximum atomic E-state index is 14.8. The van der Waals surface area contributed by atoms with E-state index in [0.29, 0.717) is 52.4 Å². The summed E-state index contributed by atoms with van der Waals surface area (Å²) < 4.78 is 47.4. The zero-order valence-corrected chi connectivity index (χ0v) is 39.4. The van der Waals surface area contributed by atoms with Crippen molar-refractivity contribution in [2.75, 3.05) is 37.9 Å². The lowest BCUT2D eigenvalue weighted by atomic mass is 9.93. The van der Waals surface area contributed by atoms with Crippen molar-refractivity contribution in [2.45, 2.75) is 108 Å². The van der Waals surface area contributed by atoms with E-state index < -0.39 is 63.2 Å². The third-order valence-electron chi connectivity index (χ3n) is 11.9. The van der Waals surface area contributed by atoms with Crippen molar-refractivity contribution >= 4 is 66.8 Å². The molecule has 7 rings (SSSR count). The lowest BCUT2D eigenvalue weighted by Gasteiger charge is -2.28. The van der Waals surface area contributed by atoms with Gasteiger partial charge in [-0.05, 0) is 76.1 Å². The Labute approximate surface area is 384 Å². The number of hydrogen-bond acceptors (Lipinski definition) is 14. The summed E-state index contributed by atoms with van der Waals surface area (Å²) in [5, 5.41) is 12.7. The summed E-state index contributed by atoms with van der Waals surface area (Å²) >= 11 is 1.45. The zero-order chi connectivity index (χ0) is 46.5. The molecule has 2 aromatic carbocycles. The van der Waals surface area contributed by atoms with Crippen molar-refractivity contribution in [3.63, 3.8) is 0 Å². The molecule has 1 saturated carbocycles. The fraction of sp³-hybridized carbons (Fsp3) is 0.489. The highest BCUT2D eigenvalue weighted by atomic mass is 32.2. The predicted octanol–water partition coefficient (Wildman–Crippen LogP) is 6.68. The number of amides is 3. The number of anilines is 2. The van der Waals surface area contributed by atoms with Crippen LogP contribution >= 0.6 is 11.3 Å². The number of sulfonamides is 1. The Morgan fingerprint density at radius 2 is 1.82 bits per heavy atom. The first-order chi connectivity index (χ1) is 31.1. The number of likely N-dealkylation sites (tertiary alicyclic amines) is 1. The van der Waals surface area contributed by atoms with E-state index in [-0.39, 0.29) is 42.7 Å². The molecule has 5 atom stereocenters. The molecule has 0 radical (unpaired) electrons. The maximum Gasteiger partial charge on any atom is 0.309 e. The number of ether oxygens (including phenoxy) is 3. The number of nitrogens with one attached hydrogen (secondary N) is 4. The van der Waals surface area contributed by atoms with Gasteiger partial charge in [0, 0.05) is 54.2 Å². The largest absolute Gasteiger partial charge is 0.497 e. The van der Waals surface area contributed by atoms with E-state index in [0.717, 1.165) is 30.8 Å². The molecular formula is C47H59N7O9S2. The molecule has 0 spiro atoms. The van der Waals surface area contributed by atoms with Crippen LogP contribution < -0.4 is 30.1 Å². The minimum atomic E-state index is -4.39. The van der Waals surface area contributed by atoms with Gasteiger partial charge in [0.15, 0.2) is 5.13 Å². The summed E-state index contributed by atoms with van der Waals surface area (Å²) in [7, 11) is -1.54. The first kappa shape index (κ1) is 47.2. The minimum absolute atomic E-state index is 0.0225. The summed E-state index contributed by atoms with van der Waals surface area (Å²) in [5.41, 5.74) is 0.495. The highest BCUT2D eigenvalue weighted by Crippen LogP contribution is 2.46. The van der Waals surface area contributed by atoms with Crippen molar-refractivity contribution in [3.05, 3.63) is 66.1 Å². The number of nitrogens with zero attached hydrogens (tertiary/aromatic N) is 3. The fourth-order valence-corrected chi connectivity index (χ4v) is 10.7. The SMILES string of the molecule is COC(=O)[C@@H](CC(=O)N1C[C@H](Oc2cc(-c3csc(NC(C)C)n3)nc3cc(OC)ccc23)C[C@H]1C(=O)N[C@]12C[C@H]1/C=C\CCCCCNc1ccccc1S(=O)(=O)NC2=O)CC(C)C. The molecule has 4 heterocycles. The number of fused-ring (bicyclic) bond motifs is 3. The second-order valence-corrected chi connectivity index (χ2v) is 20.2. The van der Waals surface area contributed by atoms with Gasteiger partial charge in [0.25, 0.3) is 15.9 Å². The summed E-state index contributed by atoms with van der Waals surface area (Å²) in [4.78, 5) is 67.5. The summed E-state index contributed by atoms with van der Waals surface area (Å²) in [6, 6.07) is 12.6. The van der Waals surface area contributed by atoms with Crippen LogP contribution in [0.15, 0.2) is 71.0 Å². The molecule has 348 valence electrons. The van der Waals surface area contributed by atoms with E-state index in [1.54, 1.807) is 43.5 Å². The smallest absolute Gasteiger partial charge is 0.309 e. The van der Waals surface area contributed by atoms with Gasteiger partial charge in [-0.3, -0.25) is 19.2 Å². The van der Waals surface area contributed by atoms with E-state index in [1.165, 1.54) is 29.4 Å².